The maximum atomic E-state index is 12.3. The lowest BCUT2D eigenvalue weighted by Gasteiger charge is -2.19. The summed E-state index contributed by atoms with van der Waals surface area (Å²) in [5, 5.41) is 21.7. The summed E-state index contributed by atoms with van der Waals surface area (Å²) in [7, 11) is -3.80. The van der Waals surface area contributed by atoms with Gasteiger partial charge in [-0.1, -0.05) is 0 Å². The normalized spacial score (nSPS) is 18.7. The van der Waals surface area contributed by atoms with Crippen LogP contribution in [0.15, 0.2) is 27.7 Å². The zero-order chi connectivity index (χ0) is 21.6. The van der Waals surface area contributed by atoms with Gasteiger partial charge in [-0.05, 0) is 90.6 Å². The summed E-state index contributed by atoms with van der Waals surface area (Å²) in [6.07, 6.45) is 4.96. The highest BCUT2D eigenvalue weighted by Gasteiger charge is 2.36. The molecule has 2 saturated carbocycles. The molecule has 0 amide bonds. The first-order valence-corrected chi connectivity index (χ1v) is 12.4. The SMILES string of the molecule is C[C@@H](O)[C@@H](C)Nc1nc(Nc2cc(C3CC3)c(S(N)(=O)=O)c(C3CC3)c2)ncc1Br. The molecule has 1 aromatic heterocycles. The number of benzene rings is 1. The molecule has 1 heterocycles. The van der Waals surface area contributed by atoms with Crippen LogP contribution < -0.4 is 15.8 Å². The molecular formula is C20H26BrN5O3S. The Morgan fingerprint density at radius 2 is 1.73 bits per heavy atom. The number of aliphatic hydroxyl groups is 1. The fourth-order valence-electron chi connectivity index (χ4n) is 3.46. The molecule has 0 saturated heterocycles. The Hall–Kier alpha value is -1.75. The Labute approximate surface area is 184 Å². The third kappa shape index (κ3) is 4.77. The van der Waals surface area contributed by atoms with Crippen LogP contribution in [0.4, 0.5) is 17.5 Å². The van der Waals surface area contributed by atoms with Crippen LogP contribution >= 0.6 is 15.9 Å². The molecule has 0 radical (unpaired) electrons. The van der Waals surface area contributed by atoms with Gasteiger partial charge in [0.05, 0.1) is 21.5 Å². The zero-order valence-corrected chi connectivity index (χ0v) is 19.3. The van der Waals surface area contributed by atoms with E-state index < -0.39 is 16.1 Å². The van der Waals surface area contributed by atoms with E-state index in [0.717, 1.165) is 42.5 Å². The van der Waals surface area contributed by atoms with Crippen molar-refractivity contribution < 1.29 is 13.5 Å². The summed E-state index contributed by atoms with van der Waals surface area (Å²) in [4.78, 5) is 9.14. The quantitative estimate of drug-likeness (QED) is 0.440. The van der Waals surface area contributed by atoms with Crippen molar-refractivity contribution in [3.8, 4) is 0 Å². The average molecular weight is 496 g/mol. The minimum Gasteiger partial charge on any atom is -0.391 e. The molecule has 2 aliphatic carbocycles. The molecule has 0 unspecified atom stereocenters. The third-order valence-corrected chi connectivity index (χ3v) is 7.17. The number of halogens is 1. The molecule has 2 atom stereocenters. The Balaban J connectivity index is 1.69. The van der Waals surface area contributed by atoms with Crippen molar-refractivity contribution in [2.75, 3.05) is 10.6 Å². The maximum absolute atomic E-state index is 12.3. The second-order valence-corrected chi connectivity index (χ2v) is 10.6. The van der Waals surface area contributed by atoms with Gasteiger partial charge < -0.3 is 15.7 Å². The van der Waals surface area contributed by atoms with Gasteiger partial charge in [-0.25, -0.2) is 18.5 Å². The Bertz CT molecular complexity index is 1040. The molecule has 8 nitrogen and oxygen atoms in total. The van der Waals surface area contributed by atoms with Crippen molar-refractivity contribution in [2.24, 2.45) is 5.14 Å². The minimum absolute atomic E-state index is 0.193. The smallest absolute Gasteiger partial charge is 0.238 e. The first-order valence-electron chi connectivity index (χ1n) is 10.1. The Morgan fingerprint density at radius 3 is 2.20 bits per heavy atom. The number of hydrogen-bond acceptors (Lipinski definition) is 7. The van der Waals surface area contributed by atoms with E-state index in [1.807, 2.05) is 19.1 Å². The first kappa shape index (κ1) is 21.5. The van der Waals surface area contributed by atoms with Crippen molar-refractivity contribution in [1.82, 2.24) is 9.97 Å². The summed E-state index contributed by atoms with van der Waals surface area (Å²) in [6.45, 7) is 3.57. The molecule has 2 aliphatic rings. The summed E-state index contributed by atoms with van der Waals surface area (Å²) >= 11 is 3.43. The Kier molecular flexibility index (Phi) is 5.78. The number of aromatic nitrogens is 2. The lowest BCUT2D eigenvalue weighted by Crippen LogP contribution is -2.28. The van der Waals surface area contributed by atoms with E-state index in [2.05, 4.69) is 36.5 Å². The van der Waals surface area contributed by atoms with Crippen LogP contribution in [-0.4, -0.2) is 35.6 Å². The van der Waals surface area contributed by atoms with Gasteiger partial charge in [0.25, 0.3) is 0 Å². The second-order valence-electron chi connectivity index (χ2n) is 8.27. The highest BCUT2D eigenvalue weighted by Crippen LogP contribution is 2.50. The summed E-state index contributed by atoms with van der Waals surface area (Å²) in [5.74, 6) is 1.40. The van der Waals surface area contributed by atoms with Crippen LogP contribution in [0, 0.1) is 0 Å². The van der Waals surface area contributed by atoms with Crippen molar-refractivity contribution in [3.05, 3.63) is 33.9 Å². The summed E-state index contributed by atoms with van der Waals surface area (Å²) < 4.78 is 25.4. The van der Waals surface area contributed by atoms with E-state index in [-0.39, 0.29) is 17.9 Å². The largest absolute Gasteiger partial charge is 0.391 e. The van der Waals surface area contributed by atoms with Crippen LogP contribution in [0.3, 0.4) is 0 Å². The molecule has 162 valence electrons. The van der Waals surface area contributed by atoms with Gasteiger partial charge in [0.1, 0.15) is 5.82 Å². The molecule has 2 fully saturated rings. The monoisotopic (exact) mass is 495 g/mol. The van der Waals surface area contributed by atoms with E-state index in [0.29, 0.717) is 21.1 Å². The maximum Gasteiger partial charge on any atom is 0.238 e. The van der Waals surface area contributed by atoms with Crippen molar-refractivity contribution in [3.63, 3.8) is 0 Å². The predicted molar refractivity (Wildman–Crippen MR) is 120 cm³/mol. The standard InChI is InChI=1S/C20H26BrN5O3S/c1-10(11(2)27)24-19-17(21)9-23-20(26-19)25-14-7-15(12-3-4-12)18(30(22,28)29)16(8-14)13-5-6-13/h7-13,27H,3-6H2,1-2H3,(H2,22,28,29)(H2,23,24,25,26)/t10-,11-/m1/s1. The van der Waals surface area contributed by atoms with Crippen LogP contribution in [-0.2, 0) is 10.0 Å². The highest BCUT2D eigenvalue weighted by molar-refractivity contribution is 9.10. The van der Waals surface area contributed by atoms with Gasteiger partial charge in [0.15, 0.2) is 0 Å². The molecule has 2 aromatic rings. The predicted octanol–water partition coefficient (Wildman–Crippen LogP) is 3.57. The number of nitrogens with zero attached hydrogens (tertiary/aromatic N) is 2. The van der Waals surface area contributed by atoms with Gasteiger partial charge in [-0.15, -0.1) is 0 Å². The van der Waals surface area contributed by atoms with Gasteiger partial charge in [0, 0.05) is 11.9 Å². The fraction of sp³-hybridized carbons (Fsp3) is 0.500. The number of hydrogen-bond donors (Lipinski definition) is 4. The molecule has 0 bridgehead atoms. The van der Waals surface area contributed by atoms with Crippen LogP contribution in [0.5, 0.6) is 0 Å². The van der Waals surface area contributed by atoms with Gasteiger partial charge in [-0.3, -0.25) is 0 Å². The summed E-state index contributed by atoms with van der Waals surface area (Å²) in [5.41, 5.74) is 2.34. The van der Waals surface area contributed by atoms with Crippen molar-refractivity contribution in [2.45, 2.75) is 68.4 Å². The van der Waals surface area contributed by atoms with Crippen LogP contribution in [0.1, 0.15) is 62.5 Å². The molecule has 0 aliphatic heterocycles. The molecule has 10 heteroatoms. The third-order valence-electron chi connectivity index (χ3n) is 5.55. The molecule has 0 spiro atoms. The lowest BCUT2D eigenvalue weighted by molar-refractivity contribution is 0.177. The second kappa shape index (κ2) is 8.07. The van der Waals surface area contributed by atoms with Crippen molar-refractivity contribution >= 4 is 43.4 Å². The van der Waals surface area contributed by atoms with Crippen LogP contribution in [0.2, 0.25) is 0 Å². The molecule has 4 rings (SSSR count). The van der Waals surface area contributed by atoms with E-state index in [4.69, 9.17) is 5.14 Å². The number of anilines is 3. The number of nitrogens with one attached hydrogen (secondary N) is 2. The fourth-order valence-corrected chi connectivity index (χ4v) is 4.88. The lowest BCUT2D eigenvalue weighted by atomic mass is 10.0. The molecule has 1 aromatic carbocycles. The van der Waals surface area contributed by atoms with Gasteiger partial charge in [0.2, 0.25) is 16.0 Å². The average Bonchev–Trinajstić information content (AvgIpc) is 3.55. The van der Waals surface area contributed by atoms with Gasteiger partial charge >= 0.3 is 0 Å². The number of nitrogens with two attached hydrogens (primary N) is 1. The minimum atomic E-state index is -3.80. The van der Waals surface area contributed by atoms with E-state index >= 15 is 0 Å². The number of aliphatic hydroxyl groups excluding tert-OH is 1. The van der Waals surface area contributed by atoms with E-state index in [1.54, 1.807) is 13.1 Å². The topological polar surface area (TPSA) is 130 Å². The number of primary sulfonamides is 1. The summed E-state index contributed by atoms with van der Waals surface area (Å²) in [6, 6.07) is 3.53. The number of sulfonamides is 1. The van der Waals surface area contributed by atoms with E-state index in [9.17, 15) is 13.5 Å². The molecular weight excluding hydrogens is 470 g/mol. The zero-order valence-electron chi connectivity index (χ0n) is 16.9. The highest BCUT2D eigenvalue weighted by atomic mass is 79.9. The van der Waals surface area contributed by atoms with Gasteiger partial charge in [-0.2, -0.15) is 4.98 Å². The van der Waals surface area contributed by atoms with Crippen LogP contribution in [0.25, 0.3) is 0 Å². The first-order chi connectivity index (χ1) is 14.1. The number of rotatable bonds is 8. The van der Waals surface area contributed by atoms with Crippen molar-refractivity contribution in [1.29, 1.82) is 0 Å². The van der Waals surface area contributed by atoms with E-state index in [1.165, 1.54) is 0 Å². The Morgan fingerprint density at radius 1 is 1.17 bits per heavy atom. The molecule has 5 N–H and O–H groups in total. The molecule has 30 heavy (non-hydrogen) atoms.